The summed E-state index contributed by atoms with van der Waals surface area (Å²) in [4.78, 5) is 66.9. The number of allylic oxidation sites excluding steroid dienone is 2. The fourth-order valence-electron chi connectivity index (χ4n) is 9.10. The molecule has 8 atom stereocenters. The summed E-state index contributed by atoms with van der Waals surface area (Å²) < 4.78 is 21.9. The van der Waals surface area contributed by atoms with E-state index >= 15 is 0 Å². The Morgan fingerprint density at radius 3 is 2.46 bits per heavy atom. The molecule has 0 saturated heterocycles. The van der Waals surface area contributed by atoms with E-state index in [0.717, 1.165) is 0 Å². The maximum atomic E-state index is 14.5. The van der Waals surface area contributed by atoms with Crippen molar-refractivity contribution in [1.29, 1.82) is 0 Å². The van der Waals surface area contributed by atoms with Crippen LogP contribution < -0.4 is 0 Å². The predicted octanol–water partition coefficient (Wildman–Crippen LogP) is 3.83. The Labute approximate surface area is 225 Å². The second-order valence-electron chi connectivity index (χ2n) is 12.6. The summed E-state index contributed by atoms with van der Waals surface area (Å²) in [5.74, 6) is -3.13. The van der Waals surface area contributed by atoms with Gasteiger partial charge in [0.2, 0.25) is 0 Å². The Balaban J connectivity index is 1.63. The molecule has 0 spiro atoms. The van der Waals surface area contributed by atoms with Gasteiger partial charge in [-0.2, -0.15) is 0 Å². The molecule has 0 aromatic carbocycles. The number of Topliss-reactive ketones (excluding diaryl/α,β-unsaturated/α-hetero) is 2. The van der Waals surface area contributed by atoms with E-state index in [-0.39, 0.29) is 35.9 Å². The number of cyclic esters (lactones) is 1. The van der Waals surface area contributed by atoms with Crippen LogP contribution >= 0.6 is 0 Å². The van der Waals surface area contributed by atoms with Crippen molar-refractivity contribution < 1.29 is 42.6 Å². The first-order chi connectivity index (χ1) is 18.2. The van der Waals surface area contributed by atoms with Gasteiger partial charge in [-0.05, 0) is 29.4 Å². The molecule has 1 aliphatic heterocycles. The molecule has 39 heavy (non-hydrogen) atoms. The summed E-state index contributed by atoms with van der Waals surface area (Å²) in [5.41, 5.74) is -1.98. The Hall–Kier alpha value is -3.49. The van der Waals surface area contributed by atoms with Crippen LogP contribution in [0, 0.1) is 33.5 Å². The average molecular weight is 537 g/mol. The molecular weight excluding hydrogens is 504 g/mol. The molecule has 2 fully saturated rings. The second kappa shape index (κ2) is 7.79. The van der Waals surface area contributed by atoms with Crippen LogP contribution in [0.2, 0.25) is 0 Å². The van der Waals surface area contributed by atoms with Gasteiger partial charge in [0.25, 0.3) is 0 Å². The lowest BCUT2D eigenvalue weighted by molar-refractivity contribution is -0.187. The maximum absolute atomic E-state index is 14.5. The molecule has 0 N–H and O–H groups in total. The zero-order valence-corrected chi connectivity index (χ0v) is 22.9. The zero-order valence-electron chi connectivity index (χ0n) is 22.9. The molecule has 2 heterocycles. The number of ketones is 2. The summed E-state index contributed by atoms with van der Waals surface area (Å²) in [5, 5.41) is 0. The minimum Gasteiger partial charge on any atom is -0.472 e. The number of ether oxygens (including phenoxy) is 3. The van der Waals surface area contributed by atoms with Gasteiger partial charge in [-0.3, -0.25) is 19.2 Å². The van der Waals surface area contributed by atoms with Crippen molar-refractivity contribution >= 4 is 29.5 Å². The molecule has 9 nitrogen and oxygen atoms in total. The van der Waals surface area contributed by atoms with E-state index in [4.69, 9.17) is 18.6 Å². The normalized spacial score (nSPS) is 42.0. The van der Waals surface area contributed by atoms with Crippen molar-refractivity contribution in [3.63, 3.8) is 0 Å². The van der Waals surface area contributed by atoms with Gasteiger partial charge >= 0.3 is 17.9 Å². The highest BCUT2D eigenvalue weighted by Crippen LogP contribution is 2.81. The fraction of sp³-hybridized carbons (Fsp3) is 0.567. The minimum absolute atomic E-state index is 0.0133. The molecule has 2 saturated carbocycles. The van der Waals surface area contributed by atoms with Crippen LogP contribution in [-0.2, 0) is 38.2 Å². The molecule has 1 aromatic heterocycles. The third-order valence-electron chi connectivity index (χ3n) is 11.1. The number of fused-ring (bicyclic) bond motifs is 4. The van der Waals surface area contributed by atoms with Crippen LogP contribution in [0.4, 0.5) is 0 Å². The molecule has 6 rings (SSSR count). The van der Waals surface area contributed by atoms with Crippen LogP contribution in [0.5, 0.6) is 0 Å². The summed E-state index contributed by atoms with van der Waals surface area (Å²) in [6.07, 6.45) is 3.13. The Kier molecular flexibility index (Phi) is 5.15. The minimum atomic E-state index is -1.02. The molecule has 1 aromatic rings. The number of furan rings is 1. The molecular formula is C30H32O9. The van der Waals surface area contributed by atoms with E-state index in [2.05, 4.69) is 0 Å². The number of hydrogen-bond donors (Lipinski definition) is 0. The van der Waals surface area contributed by atoms with E-state index in [1.54, 1.807) is 6.07 Å². The number of carbonyl (C=O) groups excluding carboxylic acids is 5. The van der Waals surface area contributed by atoms with Gasteiger partial charge < -0.3 is 18.6 Å². The molecule has 0 radical (unpaired) electrons. The SMILES string of the molecule is COC(=O)C[C@@]1(C)[C@@]2(C)C[C@@H]3C(C(=O)C4=C(C(=O)C[C@]5(C)C4=CC(=O)O[C@H]5c4ccoc4)[C@@]31C)[C@H]2OC(C)=O. The first-order valence-corrected chi connectivity index (χ1v) is 13.3. The van der Waals surface area contributed by atoms with Crippen LogP contribution in [0.15, 0.2) is 45.8 Å². The lowest BCUT2D eigenvalue weighted by Crippen LogP contribution is -2.64. The fourth-order valence-corrected chi connectivity index (χ4v) is 9.10. The standard InChI is InChI=1S/C30H32O9/c1-14(31)38-26-22-17-10-28(26,3)29(4,12-20(34)36-6)30(17,5)23-18(32)11-27(2)16(21(23)24(22)35)9-19(33)39-25(27)15-7-8-37-13-15/h7-9,13,17,22,25-26H,10-12H2,1-6H3/t17-,22?,25+,26-,27-,28+,29+,30-/m1/s1. The van der Waals surface area contributed by atoms with Crippen molar-refractivity contribution in [3.05, 3.63) is 47.0 Å². The van der Waals surface area contributed by atoms with Crippen LogP contribution in [0.3, 0.4) is 0 Å². The van der Waals surface area contributed by atoms with E-state index in [1.807, 2.05) is 27.7 Å². The second-order valence-corrected chi connectivity index (χ2v) is 12.6. The number of rotatable bonds is 4. The topological polar surface area (TPSA) is 126 Å². The van der Waals surface area contributed by atoms with Gasteiger partial charge in [0.15, 0.2) is 11.6 Å². The summed E-state index contributed by atoms with van der Waals surface area (Å²) >= 11 is 0. The summed E-state index contributed by atoms with van der Waals surface area (Å²) in [7, 11) is 1.32. The third kappa shape index (κ3) is 2.88. The van der Waals surface area contributed by atoms with Crippen molar-refractivity contribution in [1.82, 2.24) is 0 Å². The molecule has 5 aliphatic rings. The predicted molar refractivity (Wildman–Crippen MR) is 133 cm³/mol. The van der Waals surface area contributed by atoms with Crippen molar-refractivity contribution in [2.24, 2.45) is 33.5 Å². The largest absolute Gasteiger partial charge is 0.472 e. The molecule has 206 valence electrons. The Morgan fingerprint density at radius 2 is 1.85 bits per heavy atom. The van der Waals surface area contributed by atoms with Gasteiger partial charge in [0, 0.05) is 52.4 Å². The van der Waals surface area contributed by atoms with Crippen LogP contribution in [0.1, 0.15) is 65.5 Å². The Morgan fingerprint density at radius 1 is 1.13 bits per heavy atom. The zero-order chi connectivity index (χ0) is 28.3. The van der Waals surface area contributed by atoms with E-state index in [9.17, 15) is 24.0 Å². The maximum Gasteiger partial charge on any atom is 0.331 e. The number of carbonyl (C=O) groups is 5. The van der Waals surface area contributed by atoms with E-state index < -0.39 is 57.7 Å². The molecule has 1 unspecified atom stereocenters. The van der Waals surface area contributed by atoms with Crippen molar-refractivity contribution in [2.45, 2.75) is 66.1 Å². The van der Waals surface area contributed by atoms with Gasteiger partial charge in [0.1, 0.15) is 12.2 Å². The van der Waals surface area contributed by atoms with Gasteiger partial charge in [-0.25, -0.2) is 4.79 Å². The highest BCUT2D eigenvalue weighted by molar-refractivity contribution is 6.16. The molecule has 0 amide bonds. The van der Waals surface area contributed by atoms with E-state index in [0.29, 0.717) is 23.1 Å². The van der Waals surface area contributed by atoms with E-state index in [1.165, 1.54) is 32.6 Å². The molecule has 9 heteroatoms. The number of hydrogen-bond acceptors (Lipinski definition) is 9. The molecule has 4 aliphatic carbocycles. The molecule has 2 bridgehead atoms. The highest BCUT2D eigenvalue weighted by Gasteiger charge is 2.81. The van der Waals surface area contributed by atoms with Gasteiger partial charge in [-0.15, -0.1) is 0 Å². The number of esters is 3. The highest BCUT2D eigenvalue weighted by atomic mass is 16.6. The van der Waals surface area contributed by atoms with Crippen molar-refractivity contribution in [3.8, 4) is 0 Å². The quantitative estimate of drug-likeness (QED) is 0.417. The lowest BCUT2D eigenvalue weighted by Gasteiger charge is -2.62. The lowest BCUT2D eigenvalue weighted by atomic mass is 9.41. The van der Waals surface area contributed by atoms with Gasteiger partial charge in [-0.1, -0.05) is 27.7 Å². The summed E-state index contributed by atoms with van der Waals surface area (Å²) in [6, 6.07) is 1.68. The monoisotopic (exact) mass is 536 g/mol. The van der Waals surface area contributed by atoms with Crippen LogP contribution in [0.25, 0.3) is 0 Å². The first-order valence-electron chi connectivity index (χ1n) is 13.3. The van der Waals surface area contributed by atoms with Crippen molar-refractivity contribution in [2.75, 3.05) is 7.11 Å². The van der Waals surface area contributed by atoms with Gasteiger partial charge in [0.05, 0.1) is 32.0 Å². The average Bonchev–Trinajstić information content (AvgIpc) is 3.53. The van der Waals surface area contributed by atoms with Crippen LogP contribution in [-0.4, -0.2) is 42.7 Å². The first kappa shape index (κ1) is 25.8. The third-order valence-corrected chi connectivity index (χ3v) is 11.1. The number of methoxy groups -OCH3 is 1. The summed E-state index contributed by atoms with van der Waals surface area (Å²) in [6.45, 7) is 8.98. The Bertz CT molecular complexity index is 1420. The smallest absolute Gasteiger partial charge is 0.331 e.